The minimum atomic E-state index is 0.285. The molecule has 0 aliphatic carbocycles. The molecule has 0 aromatic carbocycles. The van der Waals surface area contributed by atoms with Crippen LogP contribution in [0.5, 0.6) is 0 Å². The fourth-order valence-electron chi connectivity index (χ4n) is 2.36. The van der Waals surface area contributed by atoms with E-state index < -0.39 is 0 Å². The Morgan fingerprint density at radius 1 is 1.33 bits per heavy atom. The van der Waals surface area contributed by atoms with E-state index in [4.69, 9.17) is 0 Å². The molecular formula is C15H25N5O. The lowest BCUT2D eigenvalue weighted by molar-refractivity contribution is -0.127. The summed E-state index contributed by atoms with van der Waals surface area (Å²) in [7, 11) is 0. The van der Waals surface area contributed by atoms with Crippen molar-refractivity contribution in [3.63, 3.8) is 0 Å². The van der Waals surface area contributed by atoms with Crippen LogP contribution in [0, 0.1) is 6.92 Å². The monoisotopic (exact) mass is 291 g/mol. The van der Waals surface area contributed by atoms with Gasteiger partial charge in [-0.3, -0.25) is 4.79 Å². The molecule has 1 aliphatic heterocycles. The van der Waals surface area contributed by atoms with Crippen molar-refractivity contribution >= 4 is 17.7 Å². The molecule has 1 aliphatic rings. The summed E-state index contributed by atoms with van der Waals surface area (Å²) in [6, 6.07) is 0. The third-order valence-electron chi connectivity index (χ3n) is 3.57. The fourth-order valence-corrected chi connectivity index (χ4v) is 2.36. The molecule has 116 valence electrons. The van der Waals surface area contributed by atoms with Crippen LogP contribution in [0.2, 0.25) is 0 Å². The first kappa shape index (κ1) is 15.5. The van der Waals surface area contributed by atoms with Crippen molar-refractivity contribution in [2.45, 2.75) is 39.5 Å². The molecule has 0 spiro atoms. The van der Waals surface area contributed by atoms with Gasteiger partial charge in [-0.15, -0.1) is 0 Å². The zero-order valence-electron chi connectivity index (χ0n) is 13.0. The molecule has 0 unspecified atom stereocenters. The zero-order chi connectivity index (χ0) is 15.1. The summed E-state index contributed by atoms with van der Waals surface area (Å²) in [6.07, 6.45) is 5.52. The number of carbonyl (C=O) groups is 1. The molecule has 1 aromatic rings. The number of rotatable bonds is 8. The zero-order valence-corrected chi connectivity index (χ0v) is 13.0. The second kappa shape index (κ2) is 7.81. The van der Waals surface area contributed by atoms with Gasteiger partial charge in [-0.25, -0.2) is 4.98 Å². The molecule has 0 atom stereocenters. The fraction of sp³-hybridized carbons (Fsp3) is 0.667. The van der Waals surface area contributed by atoms with E-state index in [9.17, 15) is 4.79 Å². The van der Waals surface area contributed by atoms with Gasteiger partial charge in [0.25, 0.3) is 0 Å². The highest BCUT2D eigenvalue weighted by molar-refractivity contribution is 5.77. The average molecular weight is 291 g/mol. The third kappa shape index (κ3) is 4.58. The number of nitrogens with one attached hydrogen (secondary N) is 2. The van der Waals surface area contributed by atoms with E-state index in [1.54, 1.807) is 0 Å². The molecule has 1 aromatic heterocycles. The van der Waals surface area contributed by atoms with Gasteiger partial charge in [0, 0.05) is 44.4 Å². The van der Waals surface area contributed by atoms with Crippen molar-refractivity contribution < 1.29 is 4.79 Å². The first-order chi connectivity index (χ1) is 10.2. The summed E-state index contributed by atoms with van der Waals surface area (Å²) in [4.78, 5) is 22.2. The van der Waals surface area contributed by atoms with Crippen LogP contribution in [0.25, 0.3) is 0 Å². The van der Waals surface area contributed by atoms with Crippen LogP contribution in [-0.4, -0.2) is 47.0 Å². The van der Waals surface area contributed by atoms with E-state index in [1.807, 2.05) is 18.0 Å². The van der Waals surface area contributed by atoms with Gasteiger partial charge in [0.15, 0.2) is 0 Å². The van der Waals surface area contributed by atoms with Crippen LogP contribution in [0.4, 0.5) is 11.8 Å². The number of nitrogens with zero attached hydrogens (tertiary/aromatic N) is 3. The normalized spacial score (nSPS) is 14.6. The average Bonchev–Trinajstić information content (AvgIpc) is 2.89. The standard InChI is InChI=1S/C15H25N5O/c1-3-7-16-14-12(2)11-18-15(19-14)17-8-5-10-20-9-4-6-13(20)21/h11H,3-10H2,1-2H3,(H2,16,17,18,19). The second-order valence-electron chi connectivity index (χ2n) is 5.42. The summed E-state index contributed by atoms with van der Waals surface area (Å²) in [5, 5.41) is 6.53. The van der Waals surface area contributed by atoms with E-state index in [0.29, 0.717) is 12.4 Å². The Hall–Kier alpha value is -1.85. The Balaban J connectivity index is 1.76. The lowest BCUT2D eigenvalue weighted by atomic mass is 10.3. The van der Waals surface area contributed by atoms with Crippen molar-refractivity contribution in [2.75, 3.05) is 36.8 Å². The van der Waals surface area contributed by atoms with Crippen molar-refractivity contribution in [1.82, 2.24) is 14.9 Å². The first-order valence-electron chi connectivity index (χ1n) is 7.80. The van der Waals surface area contributed by atoms with Gasteiger partial charge in [0.1, 0.15) is 5.82 Å². The molecule has 1 saturated heterocycles. The van der Waals surface area contributed by atoms with Gasteiger partial charge in [-0.05, 0) is 26.2 Å². The number of aromatic nitrogens is 2. The topological polar surface area (TPSA) is 70.2 Å². The number of anilines is 2. The molecule has 1 fully saturated rings. The molecule has 21 heavy (non-hydrogen) atoms. The molecule has 2 rings (SSSR count). The van der Waals surface area contributed by atoms with E-state index in [-0.39, 0.29) is 5.91 Å². The van der Waals surface area contributed by atoms with Gasteiger partial charge in [-0.1, -0.05) is 6.92 Å². The molecule has 0 bridgehead atoms. The molecule has 2 N–H and O–H groups in total. The van der Waals surface area contributed by atoms with Crippen LogP contribution in [-0.2, 0) is 4.79 Å². The van der Waals surface area contributed by atoms with E-state index in [0.717, 1.165) is 56.8 Å². The number of likely N-dealkylation sites (tertiary alicyclic amines) is 1. The maximum atomic E-state index is 11.5. The largest absolute Gasteiger partial charge is 0.370 e. The quantitative estimate of drug-likeness (QED) is 0.717. The van der Waals surface area contributed by atoms with Crippen LogP contribution in [0.1, 0.15) is 38.2 Å². The predicted octanol–water partition coefficient (Wildman–Crippen LogP) is 2.03. The van der Waals surface area contributed by atoms with E-state index in [2.05, 4.69) is 27.5 Å². The van der Waals surface area contributed by atoms with Crippen LogP contribution >= 0.6 is 0 Å². The Morgan fingerprint density at radius 3 is 2.90 bits per heavy atom. The van der Waals surface area contributed by atoms with Gasteiger partial charge in [0.2, 0.25) is 11.9 Å². The smallest absolute Gasteiger partial charge is 0.224 e. The maximum Gasteiger partial charge on any atom is 0.224 e. The van der Waals surface area contributed by atoms with Crippen molar-refractivity contribution in [3.8, 4) is 0 Å². The maximum absolute atomic E-state index is 11.5. The Kier molecular flexibility index (Phi) is 5.78. The Labute approximate surface area is 126 Å². The highest BCUT2D eigenvalue weighted by atomic mass is 16.2. The summed E-state index contributed by atoms with van der Waals surface area (Å²) in [5.74, 6) is 1.82. The lowest BCUT2D eigenvalue weighted by Gasteiger charge is -2.15. The van der Waals surface area contributed by atoms with Crippen molar-refractivity contribution in [3.05, 3.63) is 11.8 Å². The summed E-state index contributed by atoms with van der Waals surface area (Å²) < 4.78 is 0. The van der Waals surface area contributed by atoms with Gasteiger partial charge < -0.3 is 15.5 Å². The Morgan fingerprint density at radius 2 is 2.19 bits per heavy atom. The van der Waals surface area contributed by atoms with Crippen LogP contribution in [0.15, 0.2) is 6.20 Å². The van der Waals surface area contributed by atoms with Gasteiger partial charge >= 0.3 is 0 Å². The number of amides is 1. The molecule has 1 amide bonds. The highest BCUT2D eigenvalue weighted by Gasteiger charge is 2.18. The first-order valence-corrected chi connectivity index (χ1v) is 7.80. The van der Waals surface area contributed by atoms with Crippen molar-refractivity contribution in [2.24, 2.45) is 0 Å². The molecule has 6 heteroatoms. The third-order valence-corrected chi connectivity index (χ3v) is 3.57. The minimum Gasteiger partial charge on any atom is -0.370 e. The Bertz CT molecular complexity index is 477. The second-order valence-corrected chi connectivity index (χ2v) is 5.42. The summed E-state index contributed by atoms with van der Waals surface area (Å²) >= 11 is 0. The van der Waals surface area contributed by atoms with Crippen molar-refractivity contribution in [1.29, 1.82) is 0 Å². The summed E-state index contributed by atoms with van der Waals surface area (Å²) in [6.45, 7) is 7.54. The number of aryl methyl sites for hydroxylation is 1. The SMILES string of the molecule is CCCNc1nc(NCCCN2CCCC2=O)ncc1C. The number of carbonyl (C=O) groups excluding carboxylic acids is 1. The highest BCUT2D eigenvalue weighted by Crippen LogP contribution is 2.13. The van der Waals surface area contributed by atoms with Gasteiger partial charge in [-0.2, -0.15) is 4.98 Å². The number of hydrogen-bond acceptors (Lipinski definition) is 5. The minimum absolute atomic E-state index is 0.285. The summed E-state index contributed by atoms with van der Waals surface area (Å²) in [5.41, 5.74) is 1.05. The lowest BCUT2D eigenvalue weighted by Crippen LogP contribution is -2.27. The van der Waals surface area contributed by atoms with E-state index in [1.165, 1.54) is 0 Å². The number of hydrogen-bond donors (Lipinski definition) is 2. The molecule has 6 nitrogen and oxygen atoms in total. The van der Waals surface area contributed by atoms with Crippen LogP contribution in [0.3, 0.4) is 0 Å². The van der Waals surface area contributed by atoms with Gasteiger partial charge in [0.05, 0.1) is 0 Å². The van der Waals surface area contributed by atoms with Crippen LogP contribution < -0.4 is 10.6 Å². The molecule has 0 saturated carbocycles. The molecular weight excluding hydrogens is 266 g/mol. The molecule has 2 heterocycles. The predicted molar refractivity (Wildman–Crippen MR) is 84.5 cm³/mol. The molecule has 0 radical (unpaired) electrons. The van der Waals surface area contributed by atoms with E-state index >= 15 is 0 Å².